The first-order valence-electron chi connectivity index (χ1n) is 16.3. The lowest BCUT2D eigenvalue weighted by atomic mass is 9.70. The lowest BCUT2D eigenvalue weighted by Crippen LogP contribution is -2.26. The zero-order chi connectivity index (χ0) is 32.8. The smallest absolute Gasteiger partial charge is 0.193 e. The first-order chi connectivity index (χ1) is 22.6. The molecule has 0 aromatic heterocycles. The second kappa shape index (κ2) is 10.3. The van der Waals surface area contributed by atoms with Gasteiger partial charge in [-0.2, -0.15) is 0 Å². The number of carbonyl (C=O) groups excluding carboxylic acids is 2. The van der Waals surface area contributed by atoms with E-state index < -0.39 is 5.41 Å². The predicted octanol–water partition coefficient (Wildman–Crippen LogP) is 10.3. The molecule has 2 nitrogen and oxygen atoms in total. The molecule has 0 saturated heterocycles. The van der Waals surface area contributed by atoms with E-state index in [1.54, 1.807) is 0 Å². The number of benzene rings is 6. The van der Waals surface area contributed by atoms with E-state index in [4.69, 9.17) is 0 Å². The molecule has 0 saturated carbocycles. The predicted molar refractivity (Wildman–Crippen MR) is 191 cm³/mol. The largest absolute Gasteiger partial charge is 0.289 e. The minimum absolute atomic E-state index is 0.0367. The highest BCUT2D eigenvalue weighted by Crippen LogP contribution is 2.63. The third-order valence-corrected chi connectivity index (χ3v) is 10.4. The van der Waals surface area contributed by atoms with Crippen molar-refractivity contribution in [2.75, 3.05) is 0 Å². The van der Waals surface area contributed by atoms with Gasteiger partial charge in [0, 0.05) is 22.3 Å². The highest BCUT2D eigenvalue weighted by atomic mass is 16.1. The van der Waals surface area contributed by atoms with E-state index in [0.717, 1.165) is 77.9 Å². The van der Waals surface area contributed by atoms with Gasteiger partial charge in [0.25, 0.3) is 0 Å². The molecule has 2 aliphatic carbocycles. The molecule has 1 spiro atoms. The Labute approximate surface area is 276 Å². The average Bonchev–Trinajstić information content (AvgIpc) is 3.50. The highest BCUT2D eigenvalue weighted by molar-refractivity contribution is 6.13. The van der Waals surface area contributed by atoms with Gasteiger partial charge in [0.05, 0.1) is 5.41 Å². The van der Waals surface area contributed by atoms with E-state index in [2.05, 4.69) is 111 Å². The van der Waals surface area contributed by atoms with Crippen LogP contribution >= 0.6 is 0 Å². The average molecular weight is 609 g/mol. The van der Waals surface area contributed by atoms with Crippen LogP contribution in [0.2, 0.25) is 0 Å². The maximum atomic E-state index is 14.3. The Morgan fingerprint density at radius 3 is 1.13 bits per heavy atom. The third kappa shape index (κ3) is 4.04. The fourth-order valence-electron chi connectivity index (χ4n) is 8.79. The van der Waals surface area contributed by atoms with Crippen LogP contribution in [0.5, 0.6) is 0 Å². The number of ketones is 2. The Hall–Kier alpha value is -5.34. The fraction of sp³-hybridized carbons (Fsp3) is 0.156. The fourth-order valence-corrected chi connectivity index (χ4v) is 8.79. The minimum Gasteiger partial charge on any atom is -0.289 e. The van der Waals surface area contributed by atoms with Crippen molar-refractivity contribution >= 4 is 11.6 Å². The number of hydrogen-bond acceptors (Lipinski definition) is 2. The van der Waals surface area contributed by atoms with Crippen molar-refractivity contribution in [1.29, 1.82) is 0 Å². The molecule has 2 aliphatic rings. The van der Waals surface area contributed by atoms with Gasteiger partial charge < -0.3 is 0 Å². The first kappa shape index (κ1) is 29.1. The van der Waals surface area contributed by atoms with Gasteiger partial charge >= 0.3 is 0 Å². The van der Waals surface area contributed by atoms with Crippen molar-refractivity contribution in [3.05, 3.63) is 187 Å². The molecule has 6 aromatic carbocycles. The van der Waals surface area contributed by atoms with Crippen LogP contribution in [-0.4, -0.2) is 11.6 Å². The zero-order valence-corrected chi connectivity index (χ0v) is 27.7. The molecule has 0 aliphatic heterocycles. The topological polar surface area (TPSA) is 34.1 Å². The van der Waals surface area contributed by atoms with E-state index in [-0.39, 0.29) is 11.6 Å². The van der Waals surface area contributed by atoms with Crippen molar-refractivity contribution in [3.63, 3.8) is 0 Å². The first-order valence-corrected chi connectivity index (χ1v) is 16.3. The third-order valence-electron chi connectivity index (χ3n) is 10.4. The lowest BCUT2D eigenvalue weighted by molar-refractivity contribution is 0.102. The summed E-state index contributed by atoms with van der Waals surface area (Å²) in [6, 6.07) is 38.0. The standard InChI is InChI=1S/C45H36O2/c1-25-19-27(3)41(28(4)20-25)43(46)31-15-17-35-33-11-7-9-13-37(33)45(39(35)23-31)38-14-10-8-12-34(38)36-18-16-32(24-40(36)45)44(47)42-29(5)21-26(2)22-30(42)6/h7-24H,1-6H3. The number of carbonyl (C=O) groups is 2. The van der Waals surface area contributed by atoms with Crippen molar-refractivity contribution in [2.24, 2.45) is 0 Å². The van der Waals surface area contributed by atoms with Crippen molar-refractivity contribution in [2.45, 2.75) is 47.0 Å². The van der Waals surface area contributed by atoms with Gasteiger partial charge in [-0.05, 0) is 120 Å². The summed E-state index contributed by atoms with van der Waals surface area (Å²) in [5, 5.41) is 0. The number of hydrogen-bond donors (Lipinski definition) is 0. The number of fused-ring (bicyclic) bond motifs is 10. The Morgan fingerprint density at radius 2 is 0.745 bits per heavy atom. The Kier molecular flexibility index (Phi) is 6.40. The summed E-state index contributed by atoms with van der Waals surface area (Å²) in [6.07, 6.45) is 0. The van der Waals surface area contributed by atoms with Crippen LogP contribution in [0.1, 0.15) is 87.5 Å². The number of rotatable bonds is 4. The Bertz CT molecular complexity index is 2140. The van der Waals surface area contributed by atoms with Gasteiger partial charge in [-0.3, -0.25) is 9.59 Å². The molecule has 228 valence electrons. The molecule has 2 heteroatoms. The van der Waals surface area contributed by atoms with Crippen LogP contribution in [0.3, 0.4) is 0 Å². The summed E-state index contributed by atoms with van der Waals surface area (Å²) in [6.45, 7) is 12.2. The molecule has 0 amide bonds. The summed E-state index contributed by atoms with van der Waals surface area (Å²) >= 11 is 0. The van der Waals surface area contributed by atoms with E-state index in [9.17, 15) is 9.59 Å². The second-order valence-electron chi connectivity index (χ2n) is 13.6. The van der Waals surface area contributed by atoms with Crippen LogP contribution in [0, 0.1) is 41.5 Å². The second-order valence-corrected chi connectivity index (χ2v) is 13.6. The zero-order valence-electron chi connectivity index (χ0n) is 27.7. The molecule has 8 rings (SSSR count). The minimum atomic E-state index is -0.667. The summed E-state index contributed by atoms with van der Waals surface area (Å²) < 4.78 is 0. The van der Waals surface area contributed by atoms with Gasteiger partial charge in [0.15, 0.2) is 11.6 Å². The molecule has 6 aromatic rings. The molecule has 0 unspecified atom stereocenters. The molecular formula is C45H36O2. The summed E-state index contributed by atoms with van der Waals surface area (Å²) in [4.78, 5) is 28.6. The van der Waals surface area contributed by atoms with Crippen LogP contribution < -0.4 is 0 Å². The molecule has 0 fully saturated rings. The Balaban J connectivity index is 1.40. The number of aryl methyl sites for hydroxylation is 6. The van der Waals surface area contributed by atoms with Crippen LogP contribution in [0.25, 0.3) is 22.3 Å². The van der Waals surface area contributed by atoms with Gasteiger partial charge in [0.1, 0.15) is 0 Å². The van der Waals surface area contributed by atoms with Gasteiger partial charge in [-0.15, -0.1) is 0 Å². The van der Waals surface area contributed by atoms with E-state index in [1.165, 1.54) is 11.1 Å². The molecule has 0 heterocycles. The van der Waals surface area contributed by atoms with Gasteiger partial charge in [0.2, 0.25) is 0 Å². The molecule has 0 bridgehead atoms. The van der Waals surface area contributed by atoms with Crippen LogP contribution in [0.15, 0.2) is 109 Å². The van der Waals surface area contributed by atoms with E-state index in [0.29, 0.717) is 11.1 Å². The summed E-state index contributed by atoms with van der Waals surface area (Å²) in [7, 11) is 0. The van der Waals surface area contributed by atoms with Crippen molar-refractivity contribution in [1.82, 2.24) is 0 Å². The van der Waals surface area contributed by atoms with Gasteiger partial charge in [-0.1, -0.05) is 108 Å². The SMILES string of the molecule is Cc1cc(C)c(C(=O)c2ccc3c(c2)C2(c4ccccc4-3)c3ccccc3-c3ccc(C(=O)c4c(C)cc(C)cc4C)cc32)c(C)c1. The maximum Gasteiger partial charge on any atom is 0.193 e. The lowest BCUT2D eigenvalue weighted by Gasteiger charge is -2.31. The molecule has 0 radical (unpaired) electrons. The van der Waals surface area contributed by atoms with Crippen LogP contribution in [0.4, 0.5) is 0 Å². The van der Waals surface area contributed by atoms with Crippen LogP contribution in [-0.2, 0) is 5.41 Å². The highest BCUT2D eigenvalue weighted by Gasteiger charge is 2.52. The maximum absolute atomic E-state index is 14.3. The van der Waals surface area contributed by atoms with E-state index in [1.807, 2.05) is 39.8 Å². The molecular weight excluding hydrogens is 572 g/mol. The molecule has 0 atom stereocenters. The Morgan fingerprint density at radius 1 is 0.404 bits per heavy atom. The summed E-state index contributed by atoms with van der Waals surface area (Å²) in [5.74, 6) is 0.0734. The monoisotopic (exact) mass is 608 g/mol. The quantitative estimate of drug-likeness (QED) is 0.186. The van der Waals surface area contributed by atoms with Crippen molar-refractivity contribution < 1.29 is 9.59 Å². The normalized spacial score (nSPS) is 13.2. The summed E-state index contributed by atoms with van der Waals surface area (Å²) in [5.41, 5.74) is 17.6. The van der Waals surface area contributed by atoms with Crippen molar-refractivity contribution in [3.8, 4) is 22.3 Å². The molecule has 47 heavy (non-hydrogen) atoms. The van der Waals surface area contributed by atoms with E-state index >= 15 is 0 Å². The molecule has 0 N–H and O–H groups in total. The van der Waals surface area contributed by atoms with Gasteiger partial charge in [-0.25, -0.2) is 0 Å².